The zero-order valence-corrected chi connectivity index (χ0v) is 12.6. The number of nitrogens with zero attached hydrogens (tertiary/aromatic N) is 1. The van der Waals surface area contributed by atoms with E-state index >= 15 is 0 Å². The van der Waals surface area contributed by atoms with E-state index in [1.54, 1.807) is 0 Å². The highest BCUT2D eigenvalue weighted by Crippen LogP contribution is 2.28. The van der Waals surface area contributed by atoms with Gasteiger partial charge in [0.15, 0.2) is 0 Å². The summed E-state index contributed by atoms with van der Waals surface area (Å²) in [6.07, 6.45) is 2.19. The number of carbonyl (C=O) groups is 1. The maximum absolute atomic E-state index is 12.4. The molecule has 2 fully saturated rings. The number of amides is 1. The number of carbonyl (C=O) groups excluding carboxylic acids is 1. The van der Waals surface area contributed by atoms with E-state index in [1.807, 2.05) is 11.8 Å². The van der Waals surface area contributed by atoms with Gasteiger partial charge in [-0.2, -0.15) is 11.8 Å². The molecule has 1 unspecified atom stereocenters. The molecule has 2 heterocycles. The van der Waals surface area contributed by atoms with Crippen molar-refractivity contribution in [2.24, 2.45) is 0 Å². The van der Waals surface area contributed by atoms with Crippen LogP contribution in [0.3, 0.4) is 0 Å². The number of benzene rings is 1. The summed E-state index contributed by atoms with van der Waals surface area (Å²) in [6.45, 7) is 2.77. The van der Waals surface area contributed by atoms with Gasteiger partial charge in [0.25, 0.3) is 0 Å². The molecule has 20 heavy (non-hydrogen) atoms. The Labute approximate surface area is 125 Å². The summed E-state index contributed by atoms with van der Waals surface area (Å²) in [4.78, 5) is 14.5. The van der Waals surface area contributed by atoms with Crippen LogP contribution in [0.25, 0.3) is 0 Å². The molecule has 1 atom stereocenters. The van der Waals surface area contributed by atoms with E-state index in [1.165, 1.54) is 5.56 Å². The average molecular weight is 290 g/mol. The van der Waals surface area contributed by atoms with Gasteiger partial charge in [-0.3, -0.25) is 4.79 Å². The van der Waals surface area contributed by atoms with Crippen molar-refractivity contribution < 1.29 is 4.79 Å². The van der Waals surface area contributed by atoms with E-state index in [2.05, 4.69) is 40.5 Å². The molecular formula is C16H22N2OS. The molecule has 3 rings (SSSR count). The number of piperidine rings is 1. The molecule has 0 bridgehead atoms. The molecule has 2 saturated heterocycles. The largest absolute Gasteiger partial charge is 0.341 e. The lowest BCUT2D eigenvalue weighted by Crippen LogP contribution is -2.52. The smallest absolute Gasteiger partial charge is 0.240 e. The van der Waals surface area contributed by atoms with E-state index < -0.39 is 0 Å². The molecular weight excluding hydrogens is 268 g/mol. The number of nitrogens with one attached hydrogen (secondary N) is 1. The molecule has 0 aliphatic carbocycles. The molecule has 2 aliphatic heterocycles. The van der Waals surface area contributed by atoms with Gasteiger partial charge in [-0.1, -0.05) is 30.3 Å². The fourth-order valence-corrected chi connectivity index (χ4v) is 4.03. The molecule has 1 aromatic rings. The minimum absolute atomic E-state index is 0.0435. The van der Waals surface area contributed by atoms with Crippen molar-refractivity contribution in [3.05, 3.63) is 35.9 Å². The van der Waals surface area contributed by atoms with Gasteiger partial charge in [-0.25, -0.2) is 0 Å². The first-order valence-corrected chi connectivity index (χ1v) is 8.65. The van der Waals surface area contributed by atoms with Gasteiger partial charge >= 0.3 is 0 Å². The zero-order chi connectivity index (χ0) is 13.8. The number of thioether (sulfide) groups is 1. The first-order chi connectivity index (χ1) is 9.84. The Hall–Kier alpha value is -1.00. The number of likely N-dealkylation sites (tertiary alicyclic amines) is 1. The minimum Gasteiger partial charge on any atom is -0.341 e. The van der Waals surface area contributed by atoms with Crippen molar-refractivity contribution in [1.82, 2.24) is 10.2 Å². The van der Waals surface area contributed by atoms with E-state index in [0.717, 1.165) is 44.0 Å². The van der Waals surface area contributed by atoms with Crippen LogP contribution in [0.5, 0.6) is 0 Å². The molecule has 108 valence electrons. The zero-order valence-electron chi connectivity index (χ0n) is 11.8. The van der Waals surface area contributed by atoms with Crippen LogP contribution in [0, 0.1) is 0 Å². The molecule has 0 aromatic heterocycles. The van der Waals surface area contributed by atoms with Gasteiger partial charge in [0, 0.05) is 31.1 Å². The van der Waals surface area contributed by atoms with Gasteiger partial charge in [0.05, 0.1) is 6.04 Å². The Kier molecular flexibility index (Phi) is 4.63. The molecule has 4 heteroatoms. The van der Waals surface area contributed by atoms with Crippen LogP contribution in [-0.2, 0) is 4.79 Å². The lowest BCUT2D eigenvalue weighted by atomic mass is 9.89. The normalized spacial score (nSPS) is 24.6. The summed E-state index contributed by atoms with van der Waals surface area (Å²) in [6, 6.07) is 10.7. The van der Waals surface area contributed by atoms with Crippen molar-refractivity contribution in [1.29, 1.82) is 0 Å². The highest BCUT2D eigenvalue weighted by molar-refractivity contribution is 7.99. The van der Waals surface area contributed by atoms with Crippen LogP contribution in [0.4, 0.5) is 0 Å². The lowest BCUT2D eigenvalue weighted by Gasteiger charge is -2.35. The van der Waals surface area contributed by atoms with Crippen LogP contribution < -0.4 is 5.32 Å². The third kappa shape index (κ3) is 3.18. The van der Waals surface area contributed by atoms with E-state index in [4.69, 9.17) is 0 Å². The lowest BCUT2D eigenvalue weighted by molar-refractivity contribution is -0.134. The van der Waals surface area contributed by atoms with Crippen molar-refractivity contribution >= 4 is 17.7 Å². The van der Waals surface area contributed by atoms with E-state index in [9.17, 15) is 4.79 Å². The summed E-state index contributed by atoms with van der Waals surface area (Å²) in [5, 5.41) is 3.35. The van der Waals surface area contributed by atoms with Crippen molar-refractivity contribution in [2.45, 2.75) is 24.8 Å². The van der Waals surface area contributed by atoms with Gasteiger partial charge in [-0.15, -0.1) is 0 Å². The minimum atomic E-state index is 0.0435. The molecule has 0 radical (unpaired) electrons. The van der Waals surface area contributed by atoms with Crippen molar-refractivity contribution in [3.8, 4) is 0 Å². The summed E-state index contributed by atoms with van der Waals surface area (Å²) in [5.41, 5.74) is 1.42. The summed E-state index contributed by atoms with van der Waals surface area (Å²) < 4.78 is 0. The Morgan fingerprint density at radius 1 is 1.20 bits per heavy atom. The second-order valence-electron chi connectivity index (χ2n) is 5.59. The number of hydrogen-bond acceptors (Lipinski definition) is 3. The predicted molar refractivity (Wildman–Crippen MR) is 84.1 cm³/mol. The Morgan fingerprint density at radius 3 is 2.60 bits per heavy atom. The molecule has 2 aliphatic rings. The Balaban J connectivity index is 1.54. The summed E-state index contributed by atoms with van der Waals surface area (Å²) in [7, 11) is 0. The Bertz CT molecular complexity index is 437. The van der Waals surface area contributed by atoms with Crippen molar-refractivity contribution in [2.75, 3.05) is 31.1 Å². The number of hydrogen-bond donors (Lipinski definition) is 1. The topological polar surface area (TPSA) is 32.3 Å². The Morgan fingerprint density at radius 2 is 1.95 bits per heavy atom. The second kappa shape index (κ2) is 6.64. The molecule has 1 aromatic carbocycles. The highest BCUT2D eigenvalue weighted by Gasteiger charge is 2.29. The third-order valence-corrected chi connectivity index (χ3v) is 5.36. The maximum Gasteiger partial charge on any atom is 0.240 e. The van der Waals surface area contributed by atoms with Crippen LogP contribution in [-0.4, -0.2) is 48.0 Å². The fourth-order valence-electron chi connectivity index (χ4n) is 3.10. The van der Waals surface area contributed by atoms with Crippen LogP contribution in [0.15, 0.2) is 30.3 Å². The molecule has 3 nitrogen and oxygen atoms in total. The van der Waals surface area contributed by atoms with E-state index in [-0.39, 0.29) is 6.04 Å². The quantitative estimate of drug-likeness (QED) is 0.905. The first-order valence-electron chi connectivity index (χ1n) is 7.49. The second-order valence-corrected chi connectivity index (χ2v) is 6.74. The summed E-state index contributed by atoms with van der Waals surface area (Å²) in [5.74, 6) is 2.98. The molecule has 0 saturated carbocycles. The SMILES string of the molecule is O=C(C1CSCCN1)N1CCC(c2ccccc2)CC1. The van der Waals surface area contributed by atoms with Crippen molar-refractivity contribution in [3.63, 3.8) is 0 Å². The first kappa shape index (κ1) is 14.0. The van der Waals surface area contributed by atoms with Gasteiger partial charge in [-0.05, 0) is 24.3 Å². The van der Waals surface area contributed by atoms with Gasteiger partial charge in [0.1, 0.15) is 0 Å². The molecule has 1 N–H and O–H groups in total. The van der Waals surface area contributed by atoms with Crippen LogP contribution >= 0.6 is 11.8 Å². The van der Waals surface area contributed by atoms with Gasteiger partial charge < -0.3 is 10.2 Å². The molecule has 0 spiro atoms. The predicted octanol–water partition coefficient (Wildman–Crippen LogP) is 2.10. The highest BCUT2D eigenvalue weighted by atomic mass is 32.2. The van der Waals surface area contributed by atoms with Crippen LogP contribution in [0.2, 0.25) is 0 Å². The standard InChI is InChI=1S/C16H22N2OS/c19-16(15-12-20-11-8-17-15)18-9-6-14(7-10-18)13-4-2-1-3-5-13/h1-5,14-15,17H,6-12H2. The summed E-state index contributed by atoms with van der Waals surface area (Å²) >= 11 is 1.88. The van der Waals surface area contributed by atoms with E-state index in [0.29, 0.717) is 11.8 Å². The molecule has 1 amide bonds. The fraction of sp³-hybridized carbons (Fsp3) is 0.562. The van der Waals surface area contributed by atoms with Gasteiger partial charge in [0.2, 0.25) is 5.91 Å². The average Bonchev–Trinajstić information content (AvgIpc) is 2.56. The third-order valence-electron chi connectivity index (χ3n) is 4.30. The van der Waals surface area contributed by atoms with Crippen LogP contribution in [0.1, 0.15) is 24.3 Å². The maximum atomic E-state index is 12.4. The number of rotatable bonds is 2. The monoisotopic (exact) mass is 290 g/mol.